The van der Waals surface area contributed by atoms with Gasteiger partial charge in [-0.15, -0.1) is 5.10 Å². The summed E-state index contributed by atoms with van der Waals surface area (Å²) in [6, 6.07) is 0. The molecule has 0 fully saturated rings. The molecule has 4 N–H and O–H groups in total. The second kappa shape index (κ2) is 5.94. The highest BCUT2D eigenvalue weighted by Gasteiger charge is 2.23. The summed E-state index contributed by atoms with van der Waals surface area (Å²) in [5.41, 5.74) is 5.03. The smallest absolute Gasteiger partial charge is 0.343 e. The minimum absolute atomic E-state index is 0.198. The summed E-state index contributed by atoms with van der Waals surface area (Å²) >= 11 is 1.48. The van der Waals surface area contributed by atoms with Crippen LogP contribution in [0.15, 0.2) is 15.1 Å². The van der Waals surface area contributed by atoms with Gasteiger partial charge in [0.25, 0.3) is 0 Å². The molecule has 7 nitrogen and oxygen atoms in total. The van der Waals surface area contributed by atoms with Crippen molar-refractivity contribution in [3.63, 3.8) is 0 Å². The fraction of sp³-hybridized carbons (Fsp3) is 0.700. The molecule has 102 valence electrons. The number of H-pyrrole nitrogens is 1. The van der Waals surface area contributed by atoms with Gasteiger partial charge in [-0.1, -0.05) is 30.8 Å². The van der Waals surface area contributed by atoms with E-state index >= 15 is 0 Å². The lowest BCUT2D eigenvalue weighted by atomic mass is 9.89. The van der Waals surface area contributed by atoms with Gasteiger partial charge < -0.3 is 10.9 Å². The van der Waals surface area contributed by atoms with Gasteiger partial charge in [-0.2, -0.15) is 0 Å². The zero-order chi connectivity index (χ0) is 13.8. The van der Waals surface area contributed by atoms with Crippen LogP contribution in [0.2, 0.25) is 0 Å². The van der Waals surface area contributed by atoms with Gasteiger partial charge in [0.2, 0.25) is 0 Å². The molecule has 1 rings (SSSR count). The molecule has 0 aromatic carbocycles. The quantitative estimate of drug-likeness (QED) is 0.234. The van der Waals surface area contributed by atoms with E-state index in [0.29, 0.717) is 11.7 Å². The Labute approximate surface area is 109 Å². The van der Waals surface area contributed by atoms with Gasteiger partial charge in [-0.25, -0.2) is 9.89 Å². The first kappa shape index (κ1) is 14.6. The van der Waals surface area contributed by atoms with Crippen LogP contribution >= 0.6 is 11.8 Å². The molecule has 18 heavy (non-hydrogen) atoms. The van der Waals surface area contributed by atoms with Crippen LogP contribution < -0.4 is 11.4 Å². The fourth-order valence-electron chi connectivity index (χ4n) is 1.35. The predicted molar refractivity (Wildman–Crippen MR) is 71.1 cm³/mol. The zero-order valence-electron chi connectivity index (χ0n) is 10.8. The Morgan fingerprint density at radius 2 is 2.33 bits per heavy atom. The largest absolute Gasteiger partial charge is 0.409 e. The van der Waals surface area contributed by atoms with E-state index in [4.69, 9.17) is 10.9 Å². The van der Waals surface area contributed by atoms with Crippen LogP contribution in [0.3, 0.4) is 0 Å². The van der Waals surface area contributed by atoms with Gasteiger partial charge in [0.1, 0.15) is 5.84 Å². The van der Waals surface area contributed by atoms with Crippen molar-refractivity contribution in [3.8, 4) is 0 Å². The number of hydrogen-bond acceptors (Lipinski definition) is 5. The van der Waals surface area contributed by atoms with Crippen LogP contribution in [0, 0.1) is 5.41 Å². The number of nitrogens with two attached hydrogens (primary N) is 1. The SMILES string of the molecule is CCn1c(SCCC(C)(C)C(N)=NO)n[nH]c1=O. The molecular formula is C10H19N5O2S. The Morgan fingerprint density at radius 1 is 1.67 bits per heavy atom. The van der Waals surface area contributed by atoms with Crippen molar-refractivity contribution in [1.82, 2.24) is 14.8 Å². The third-order valence-electron chi connectivity index (χ3n) is 2.80. The Kier molecular flexibility index (Phi) is 4.83. The number of hydrogen-bond donors (Lipinski definition) is 3. The summed E-state index contributed by atoms with van der Waals surface area (Å²) in [4.78, 5) is 11.3. The van der Waals surface area contributed by atoms with E-state index in [1.807, 2.05) is 20.8 Å². The van der Waals surface area contributed by atoms with E-state index in [1.54, 1.807) is 4.57 Å². The van der Waals surface area contributed by atoms with E-state index in [0.717, 1.165) is 12.2 Å². The molecule has 0 saturated carbocycles. The summed E-state index contributed by atoms with van der Waals surface area (Å²) in [5, 5.41) is 18.7. The van der Waals surface area contributed by atoms with Crippen LogP contribution in [0.5, 0.6) is 0 Å². The number of nitrogens with one attached hydrogen (secondary N) is 1. The second-order valence-corrected chi connectivity index (χ2v) is 5.59. The molecular weight excluding hydrogens is 254 g/mol. The van der Waals surface area contributed by atoms with Crippen molar-refractivity contribution in [2.24, 2.45) is 16.3 Å². The minimum Gasteiger partial charge on any atom is -0.409 e. The Morgan fingerprint density at radius 3 is 2.89 bits per heavy atom. The molecule has 0 unspecified atom stereocenters. The number of amidine groups is 1. The van der Waals surface area contributed by atoms with E-state index in [9.17, 15) is 4.79 Å². The fourth-order valence-corrected chi connectivity index (χ4v) is 2.63. The average molecular weight is 273 g/mol. The van der Waals surface area contributed by atoms with Gasteiger partial charge in [-0.3, -0.25) is 4.57 Å². The summed E-state index contributed by atoms with van der Waals surface area (Å²) < 4.78 is 1.57. The molecule has 0 atom stereocenters. The molecule has 1 aromatic rings. The molecule has 0 aliphatic carbocycles. The monoisotopic (exact) mass is 273 g/mol. The molecule has 0 amide bonds. The summed E-state index contributed by atoms with van der Waals surface area (Å²) in [7, 11) is 0. The average Bonchev–Trinajstić information content (AvgIpc) is 2.68. The van der Waals surface area contributed by atoms with Gasteiger partial charge in [0.05, 0.1) is 0 Å². The maximum atomic E-state index is 11.3. The molecule has 0 saturated heterocycles. The van der Waals surface area contributed by atoms with Gasteiger partial charge >= 0.3 is 5.69 Å². The maximum Gasteiger partial charge on any atom is 0.343 e. The third kappa shape index (κ3) is 3.28. The maximum absolute atomic E-state index is 11.3. The molecule has 0 aliphatic heterocycles. The molecule has 0 aliphatic rings. The van der Waals surface area contributed by atoms with Crippen LogP contribution in [-0.2, 0) is 6.54 Å². The van der Waals surface area contributed by atoms with Crippen molar-refractivity contribution in [2.75, 3.05) is 5.75 Å². The van der Waals surface area contributed by atoms with Crippen molar-refractivity contribution in [1.29, 1.82) is 0 Å². The Bertz CT molecular complexity index is 477. The number of nitrogens with zero attached hydrogens (tertiary/aromatic N) is 3. The molecule has 0 spiro atoms. The Hall–Kier alpha value is -1.44. The normalized spacial score (nSPS) is 12.9. The van der Waals surface area contributed by atoms with Gasteiger partial charge in [0, 0.05) is 17.7 Å². The van der Waals surface area contributed by atoms with E-state index in [2.05, 4.69) is 15.4 Å². The van der Waals surface area contributed by atoms with Crippen LogP contribution in [0.1, 0.15) is 27.2 Å². The Balaban J connectivity index is 2.59. The first-order valence-electron chi connectivity index (χ1n) is 5.68. The molecule has 0 radical (unpaired) electrons. The number of aromatic nitrogens is 3. The van der Waals surface area contributed by atoms with Crippen molar-refractivity contribution >= 4 is 17.6 Å². The lowest BCUT2D eigenvalue weighted by molar-refractivity contribution is 0.307. The topological polar surface area (TPSA) is 109 Å². The number of rotatable bonds is 6. The molecule has 1 aromatic heterocycles. The van der Waals surface area contributed by atoms with E-state index in [-0.39, 0.29) is 16.9 Å². The molecule has 8 heteroatoms. The van der Waals surface area contributed by atoms with Crippen LogP contribution in [0.4, 0.5) is 0 Å². The highest BCUT2D eigenvalue weighted by atomic mass is 32.2. The number of thioether (sulfide) groups is 1. The molecule has 1 heterocycles. The van der Waals surface area contributed by atoms with Crippen molar-refractivity contribution < 1.29 is 5.21 Å². The third-order valence-corrected chi connectivity index (χ3v) is 3.78. The number of oxime groups is 1. The second-order valence-electron chi connectivity index (χ2n) is 4.52. The lowest BCUT2D eigenvalue weighted by Crippen LogP contribution is -2.32. The highest BCUT2D eigenvalue weighted by molar-refractivity contribution is 7.99. The van der Waals surface area contributed by atoms with E-state index < -0.39 is 0 Å². The first-order chi connectivity index (χ1) is 8.42. The summed E-state index contributed by atoms with van der Waals surface area (Å²) in [6.07, 6.45) is 0.721. The highest BCUT2D eigenvalue weighted by Crippen LogP contribution is 2.25. The van der Waals surface area contributed by atoms with E-state index in [1.165, 1.54) is 11.8 Å². The zero-order valence-corrected chi connectivity index (χ0v) is 11.6. The van der Waals surface area contributed by atoms with Crippen molar-refractivity contribution in [2.45, 2.75) is 38.9 Å². The number of aromatic amines is 1. The lowest BCUT2D eigenvalue weighted by Gasteiger charge is -2.22. The van der Waals surface area contributed by atoms with Crippen LogP contribution in [0.25, 0.3) is 0 Å². The standard InChI is InChI=1S/C10H19N5O2S/c1-4-15-8(16)12-13-9(15)18-6-5-10(2,3)7(11)14-17/h17H,4-6H2,1-3H3,(H2,11,14)(H,12,16). The van der Waals surface area contributed by atoms with Gasteiger partial charge in [-0.05, 0) is 13.3 Å². The molecule has 0 bridgehead atoms. The summed E-state index contributed by atoms with van der Waals surface area (Å²) in [6.45, 7) is 6.28. The van der Waals surface area contributed by atoms with Crippen LogP contribution in [-0.4, -0.2) is 31.6 Å². The summed E-state index contributed by atoms with van der Waals surface area (Å²) in [5.74, 6) is 0.936. The van der Waals surface area contributed by atoms with Crippen molar-refractivity contribution in [3.05, 3.63) is 10.5 Å². The first-order valence-corrected chi connectivity index (χ1v) is 6.67. The minimum atomic E-state index is -0.380. The predicted octanol–water partition coefficient (Wildman–Crippen LogP) is 0.846. The van der Waals surface area contributed by atoms with Gasteiger partial charge in [0.15, 0.2) is 5.16 Å².